The smallest absolute Gasteiger partial charge is 0.216 e. The van der Waals surface area contributed by atoms with Crippen LogP contribution in [0.2, 0.25) is 0 Å². The normalized spacial score (nSPS) is 10.1. The summed E-state index contributed by atoms with van der Waals surface area (Å²) in [5.74, 6) is -0.0105. The van der Waals surface area contributed by atoms with E-state index in [0.29, 0.717) is 17.9 Å². The number of ether oxygens (including phenoxy) is 1. The van der Waals surface area contributed by atoms with Gasteiger partial charge in [-0.2, -0.15) is 4.39 Å². The topological polar surface area (TPSA) is 22.1 Å². The van der Waals surface area contributed by atoms with Gasteiger partial charge in [-0.3, -0.25) is 0 Å². The van der Waals surface area contributed by atoms with Crippen LogP contribution < -0.4 is 4.74 Å². The molecule has 0 aliphatic heterocycles. The Hall–Kier alpha value is -1.90. The Kier molecular flexibility index (Phi) is 3.15. The van der Waals surface area contributed by atoms with E-state index in [1.807, 2.05) is 30.3 Å². The van der Waals surface area contributed by atoms with Gasteiger partial charge in [0.2, 0.25) is 5.95 Å². The second-order valence-electron chi connectivity index (χ2n) is 3.48. The second kappa shape index (κ2) is 4.75. The largest absolute Gasteiger partial charge is 0.497 e. The highest BCUT2D eigenvalue weighted by molar-refractivity contribution is 5.28. The Morgan fingerprint density at radius 3 is 2.62 bits per heavy atom. The van der Waals surface area contributed by atoms with E-state index >= 15 is 0 Å². The molecule has 0 bridgehead atoms. The molecule has 1 aromatic heterocycles. The van der Waals surface area contributed by atoms with Gasteiger partial charge in [-0.15, -0.1) is 0 Å². The van der Waals surface area contributed by atoms with Crippen LogP contribution >= 0.6 is 0 Å². The molecule has 0 N–H and O–H groups in total. The first kappa shape index (κ1) is 10.6. The standard InChI is InChI=1S/C13H12FNO/c1-16-12-8-11(15-13(14)9-12)7-10-5-3-2-4-6-10/h2-6,8-9H,7H2,1H3. The number of hydrogen-bond acceptors (Lipinski definition) is 2. The van der Waals surface area contributed by atoms with E-state index in [0.717, 1.165) is 5.56 Å². The molecule has 1 aromatic carbocycles. The number of halogens is 1. The van der Waals surface area contributed by atoms with E-state index < -0.39 is 5.95 Å². The number of hydrogen-bond donors (Lipinski definition) is 0. The highest BCUT2D eigenvalue weighted by Crippen LogP contribution is 2.15. The fourth-order valence-corrected chi connectivity index (χ4v) is 1.54. The zero-order valence-electron chi connectivity index (χ0n) is 8.98. The summed E-state index contributed by atoms with van der Waals surface area (Å²) in [5.41, 5.74) is 1.77. The third kappa shape index (κ3) is 2.57. The van der Waals surface area contributed by atoms with E-state index in [9.17, 15) is 4.39 Å². The molecular weight excluding hydrogens is 205 g/mol. The molecule has 82 valence electrons. The Labute approximate surface area is 93.7 Å². The molecule has 2 nitrogen and oxygen atoms in total. The molecule has 1 heterocycles. The summed E-state index contributed by atoms with van der Waals surface area (Å²) in [4.78, 5) is 3.83. The van der Waals surface area contributed by atoms with Gasteiger partial charge < -0.3 is 4.74 Å². The molecule has 16 heavy (non-hydrogen) atoms. The summed E-state index contributed by atoms with van der Waals surface area (Å²) >= 11 is 0. The molecule has 0 fully saturated rings. The summed E-state index contributed by atoms with van der Waals surface area (Å²) < 4.78 is 18.1. The van der Waals surface area contributed by atoms with Gasteiger partial charge in [0.1, 0.15) is 5.75 Å². The number of rotatable bonds is 3. The number of methoxy groups -OCH3 is 1. The average molecular weight is 217 g/mol. The van der Waals surface area contributed by atoms with Gasteiger partial charge in [0.25, 0.3) is 0 Å². The molecule has 0 aliphatic rings. The van der Waals surface area contributed by atoms with Crippen molar-refractivity contribution >= 4 is 0 Å². The average Bonchev–Trinajstić information content (AvgIpc) is 2.29. The highest BCUT2D eigenvalue weighted by Gasteiger charge is 2.03. The quantitative estimate of drug-likeness (QED) is 0.737. The van der Waals surface area contributed by atoms with Crippen molar-refractivity contribution in [3.8, 4) is 5.75 Å². The minimum atomic E-state index is -0.509. The lowest BCUT2D eigenvalue weighted by molar-refractivity contribution is 0.408. The van der Waals surface area contributed by atoms with E-state index in [1.54, 1.807) is 6.07 Å². The Balaban J connectivity index is 2.24. The van der Waals surface area contributed by atoms with Crippen molar-refractivity contribution in [3.63, 3.8) is 0 Å². The number of pyridine rings is 1. The third-order valence-corrected chi connectivity index (χ3v) is 2.28. The van der Waals surface area contributed by atoms with Crippen LogP contribution in [-0.4, -0.2) is 12.1 Å². The van der Waals surface area contributed by atoms with Crippen LogP contribution in [0, 0.1) is 5.95 Å². The van der Waals surface area contributed by atoms with Crippen molar-refractivity contribution in [2.75, 3.05) is 7.11 Å². The van der Waals surface area contributed by atoms with Crippen molar-refractivity contribution in [2.24, 2.45) is 0 Å². The van der Waals surface area contributed by atoms with E-state index in [1.165, 1.54) is 13.2 Å². The predicted molar refractivity (Wildman–Crippen MR) is 60.0 cm³/mol. The summed E-state index contributed by atoms with van der Waals surface area (Å²) in [6.45, 7) is 0. The molecule has 0 radical (unpaired) electrons. The Morgan fingerprint density at radius 2 is 1.94 bits per heavy atom. The van der Waals surface area contributed by atoms with Gasteiger partial charge in [-0.1, -0.05) is 30.3 Å². The molecule has 0 saturated carbocycles. The van der Waals surface area contributed by atoms with Crippen LogP contribution in [0.3, 0.4) is 0 Å². The van der Waals surface area contributed by atoms with Gasteiger partial charge in [-0.25, -0.2) is 4.98 Å². The zero-order valence-corrected chi connectivity index (χ0v) is 8.98. The van der Waals surface area contributed by atoms with Gasteiger partial charge in [0, 0.05) is 18.6 Å². The van der Waals surface area contributed by atoms with Crippen LogP contribution in [0.25, 0.3) is 0 Å². The van der Waals surface area contributed by atoms with E-state index in [2.05, 4.69) is 4.98 Å². The predicted octanol–water partition coefficient (Wildman–Crippen LogP) is 2.82. The maximum absolute atomic E-state index is 13.1. The first-order valence-corrected chi connectivity index (χ1v) is 5.02. The van der Waals surface area contributed by atoms with Gasteiger partial charge in [0.15, 0.2) is 0 Å². The lowest BCUT2D eigenvalue weighted by atomic mass is 10.1. The van der Waals surface area contributed by atoms with E-state index in [-0.39, 0.29) is 0 Å². The fourth-order valence-electron chi connectivity index (χ4n) is 1.54. The van der Waals surface area contributed by atoms with Crippen LogP contribution in [-0.2, 0) is 6.42 Å². The van der Waals surface area contributed by atoms with Crippen molar-refractivity contribution in [2.45, 2.75) is 6.42 Å². The minimum absolute atomic E-state index is 0.499. The third-order valence-electron chi connectivity index (χ3n) is 2.28. The lowest BCUT2D eigenvalue weighted by Gasteiger charge is -2.04. The molecule has 2 rings (SSSR count). The SMILES string of the molecule is COc1cc(F)nc(Cc2ccccc2)c1. The fraction of sp³-hybridized carbons (Fsp3) is 0.154. The van der Waals surface area contributed by atoms with Gasteiger partial charge in [-0.05, 0) is 5.56 Å². The van der Waals surface area contributed by atoms with Gasteiger partial charge in [0.05, 0.1) is 12.8 Å². The Morgan fingerprint density at radius 1 is 1.19 bits per heavy atom. The summed E-state index contributed by atoms with van der Waals surface area (Å²) in [6.07, 6.45) is 0.606. The molecule has 2 aromatic rings. The minimum Gasteiger partial charge on any atom is -0.497 e. The van der Waals surface area contributed by atoms with Crippen LogP contribution in [0.5, 0.6) is 5.75 Å². The second-order valence-corrected chi connectivity index (χ2v) is 3.48. The maximum atomic E-state index is 13.1. The van der Waals surface area contributed by atoms with Crippen LogP contribution in [0.4, 0.5) is 4.39 Å². The molecule has 0 amide bonds. The lowest BCUT2D eigenvalue weighted by Crippen LogP contribution is -1.96. The maximum Gasteiger partial charge on any atom is 0.216 e. The molecular formula is C13H12FNO. The van der Waals surface area contributed by atoms with Crippen LogP contribution in [0.1, 0.15) is 11.3 Å². The number of aromatic nitrogens is 1. The summed E-state index contributed by atoms with van der Waals surface area (Å²) in [7, 11) is 1.51. The molecule has 0 atom stereocenters. The Bertz CT molecular complexity index is 471. The molecule has 0 spiro atoms. The van der Waals surface area contributed by atoms with Crippen molar-refractivity contribution in [1.29, 1.82) is 0 Å². The van der Waals surface area contributed by atoms with Crippen molar-refractivity contribution in [3.05, 3.63) is 59.7 Å². The first-order chi connectivity index (χ1) is 7.78. The number of benzene rings is 1. The molecule has 0 aliphatic carbocycles. The zero-order chi connectivity index (χ0) is 11.4. The van der Waals surface area contributed by atoms with Crippen molar-refractivity contribution < 1.29 is 9.13 Å². The highest BCUT2D eigenvalue weighted by atomic mass is 19.1. The van der Waals surface area contributed by atoms with Crippen LogP contribution in [0.15, 0.2) is 42.5 Å². The molecule has 3 heteroatoms. The first-order valence-electron chi connectivity index (χ1n) is 5.02. The van der Waals surface area contributed by atoms with Gasteiger partial charge >= 0.3 is 0 Å². The van der Waals surface area contributed by atoms with E-state index in [4.69, 9.17) is 4.74 Å². The summed E-state index contributed by atoms with van der Waals surface area (Å²) in [6, 6.07) is 12.8. The molecule has 0 saturated heterocycles. The van der Waals surface area contributed by atoms with Crippen molar-refractivity contribution in [1.82, 2.24) is 4.98 Å². The number of nitrogens with zero attached hydrogens (tertiary/aromatic N) is 1. The monoisotopic (exact) mass is 217 g/mol. The summed E-state index contributed by atoms with van der Waals surface area (Å²) in [5, 5.41) is 0. The molecule has 0 unspecified atom stereocenters.